The van der Waals surface area contributed by atoms with E-state index < -0.39 is 0 Å². The van der Waals surface area contributed by atoms with E-state index in [-0.39, 0.29) is 11.9 Å². The number of hydrogen-bond donors (Lipinski definition) is 0. The van der Waals surface area contributed by atoms with Crippen molar-refractivity contribution in [1.82, 2.24) is 9.88 Å². The minimum absolute atomic E-state index is 0.124. The van der Waals surface area contributed by atoms with Gasteiger partial charge in [0.05, 0.1) is 11.7 Å². The van der Waals surface area contributed by atoms with Crippen molar-refractivity contribution in [1.29, 1.82) is 0 Å². The zero-order chi connectivity index (χ0) is 17.1. The number of carbonyl (C=O) groups is 1. The SMILES string of the molecule is Cc1cc(-c2ccccc2)cc(C2CCCN2C(=O)CC(C)C)n1. The molecule has 1 aromatic carbocycles. The molecule has 0 spiro atoms. The highest BCUT2D eigenvalue weighted by atomic mass is 16.2. The van der Waals surface area contributed by atoms with Gasteiger partial charge in [-0.1, -0.05) is 44.2 Å². The van der Waals surface area contributed by atoms with Crippen molar-refractivity contribution in [3.05, 3.63) is 53.9 Å². The van der Waals surface area contributed by atoms with E-state index in [0.717, 1.165) is 30.8 Å². The van der Waals surface area contributed by atoms with Crippen molar-refractivity contribution >= 4 is 5.91 Å². The molecule has 0 saturated carbocycles. The Morgan fingerprint density at radius 3 is 2.67 bits per heavy atom. The third-order valence-electron chi connectivity index (χ3n) is 4.58. The fraction of sp³-hybridized carbons (Fsp3) is 0.429. The average molecular weight is 322 g/mol. The predicted molar refractivity (Wildman–Crippen MR) is 97.6 cm³/mol. The number of hydrogen-bond acceptors (Lipinski definition) is 2. The summed E-state index contributed by atoms with van der Waals surface area (Å²) in [7, 11) is 0. The Morgan fingerprint density at radius 1 is 1.21 bits per heavy atom. The Labute approximate surface area is 144 Å². The van der Waals surface area contributed by atoms with Crippen LogP contribution in [0.2, 0.25) is 0 Å². The third kappa shape index (κ3) is 3.66. The molecule has 1 aliphatic rings. The first-order valence-electron chi connectivity index (χ1n) is 8.88. The van der Waals surface area contributed by atoms with Gasteiger partial charge in [0.2, 0.25) is 5.91 Å². The molecule has 1 aliphatic heterocycles. The van der Waals surface area contributed by atoms with Gasteiger partial charge in [0.25, 0.3) is 0 Å². The summed E-state index contributed by atoms with van der Waals surface area (Å²) in [6, 6.07) is 14.8. The summed E-state index contributed by atoms with van der Waals surface area (Å²) in [6.45, 7) is 7.08. The van der Waals surface area contributed by atoms with Crippen LogP contribution >= 0.6 is 0 Å². The van der Waals surface area contributed by atoms with Gasteiger partial charge in [0.15, 0.2) is 0 Å². The van der Waals surface area contributed by atoms with Crippen LogP contribution in [-0.4, -0.2) is 22.3 Å². The Morgan fingerprint density at radius 2 is 1.96 bits per heavy atom. The molecule has 1 amide bonds. The van der Waals surface area contributed by atoms with E-state index in [9.17, 15) is 4.79 Å². The van der Waals surface area contributed by atoms with Gasteiger partial charge >= 0.3 is 0 Å². The molecule has 0 bridgehead atoms. The molecule has 1 saturated heterocycles. The Kier molecular flexibility index (Phi) is 4.98. The summed E-state index contributed by atoms with van der Waals surface area (Å²) >= 11 is 0. The molecule has 1 aromatic heterocycles. The molecular weight excluding hydrogens is 296 g/mol. The van der Waals surface area contributed by atoms with E-state index in [0.29, 0.717) is 12.3 Å². The molecule has 0 N–H and O–H groups in total. The summed E-state index contributed by atoms with van der Waals surface area (Å²) in [5.74, 6) is 0.654. The van der Waals surface area contributed by atoms with Crippen molar-refractivity contribution in [2.45, 2.75) is 46.1 Å². The molecule has 1 atom stereocenters. The van der Waals surface area contributed by atoms with Crippen molar-refractivity contribution in [3.8, 4) is 11.1 Å². The highest BCUT2D eigenvalue weighted by Gasteiger charge is 2.31. The van der Waals surface area contributed by atoms with E-state index in [1.54, 1.807) is 0 Å². The maximum Gasteiger partial charge on any atom is 0.223 e. The van der Waals surface area contributed by atoms with Crippen LogP contribution in [0.25, 0.3) is 11.1 Å². The first kappa shape index (κ1) is 16.7. The molecule has 2 heterocycles. The third-order valence-corrected chi connectivity index (χ3v) is 4.58. The molecule has 3 nitrogen and oxygen atoms in total. The highest BCUT2D eigenvalue weighted by Crippen LogP contribution is 2.34. The van der Waals surface area contributed by atoms with Crippen LogP contribution < -0.4 is 0 Å². The Hall–Kier alpha value is -2.16. The normalized spacial score (nSPS) is 17.5. The monoisotopic (exact) mass is 322 g/mol. The summed E-state index contributed by atoms with van der Waals surface area (Å²) in [4.78, 5) is 19.4. The van der Waals surface area contributed by atoms with Crippen LogP contribution in [0, 0.1) is 12.8 Å². The zero-order valence-corrected chi connectivity index (χ0v) is 14.8. The van der Waals surface area contributed by atoms with Crippen LogP contribution in [0.5, 0.6) is 0 Å². The zero-order valence-electron chi connectivity index (χ0n) is 14.8. The summed E-state index contributed by atoms with van der Waals surface area (Å²) in [5.41, 5.74) is 4.42. The Bertz CT molecular complexity index is 709. The molecule has 3 heteroatoms. The number of carbonyl (C=O) groups excluding carboxylic acids is 1. The van der Waals surface area contributed by atoms with Gasteiger partial charge in [-0.2, -0.15) is 0 Å². The van der Waals surface area contributed by atoms with Crippen LogP contribution in [0.3, 0.4) is 0 Å². The van der Waals surface area contributed by atoms with Gasteiger partial charge in [0, 0.05) is 18.7 Å². The van der Waals surface area contributed by atoms with Crippen molar-refractivity contribution in [2.75, 3.05) is 6.54 Å². The van der Waals surface area contributed by atoms with Gasteiger partial charge in [-0.3, -0.25) is 9.78 Å². The lowest BCUT2D eigenvalue weighted by molar-refractivity contribution is -0.133. The highest BCUT2D eigenvalue weighted by molar-refractivity contribution is 5.77. The molecule has 1 fully saturated rings. The smallest absolute Gasteiger partial charge is 0.223 e. The number of pyridine rings is 1. The molecular formula is C21H26N2O. The average Bonchev–Trinajstić information content (AvgIpc) is 3.04. The Balaban J connectivity index is 1.91. The minimum atomic E-state index is 0.124. The van der Waals surface area contributed by atoms with Crippen LogP contribution in [0.4, 0.5) is 0 Å². The number of amides is 1. The summed E-state index contributed by atoms with van der Waals surface area (Å²) < 4.78 is 0. The second kappa shape index (κ2) is 7.16. The molecule has 2 aromatic rings. The molecule has 126 valence electrons. The standard InChI is InChI=1S/C21H26N2O/c1-15(2)12-21(24)23-11-7-10-20(23)19-14-18(13-16(3)22-19)17-8-5-4-6-9-17/h4-6,8-9,13-15,20H,7,10-12H2,1-3H3. The molecule has 0 radical (unpaired) electrons. The van der Waals surface area contributed by atoms with E-state index in [4.69, 9.17) is 4.98 Å². The summed E-state index contributed by atoms with van der Waals surface area (Å²) in [6.07, 6.45) is 2.69. The summed E-state index contributed by atoms with van der Waals surface area (Å²) in [5, 5.41) is 0. The van der Waals surface area contributed by atoms with Gasteiger partial charge in [0.1, 0.15) is 0 Å². The molecule has 1 unspecified atom stereocenters. The number of nitrogens with zero attached hydrogens (tertiary/aromatic N) is 2. The van der Waals surface area contributed by atoms with Crippen LogP contribution in [-0.2, 0) is 4.79 Å². The predicted octanol–water partition coefficient (Wildman–Crippen LogP) is 4.77. The fourth-order valence-electron chi connectivity index (χ4n) is 3.50. The van der Waals surface area contributed by atoms with Gasteiger partial charge < -0.3 is 4.90 Å². The fourth-order valence-corrected chi connectivity index (χ4v) is 3.50. The van der Waals surface area contributed by atoms with Crippen molar-refractivity contribution in [2.24, 2.45) is 5.92 Å². The first-order chi connectivity index (χ1) is 11.5. The molecule has 0 aliphatic carbocycles. The van der Waals surface area contributed by atoms with E-state index >= 15 is 0 Å². The molecule has 24 heavy (non-hydrogen) atoms. The quantitative estimate of drug-likeness (QED) is 0.812. The molecule has 3 rings (SSSR count). The topological polar surface area (TPSA) is 33.2 Å². The van der Waals surface area contributed by atoms with Crippen molar-refractivity contribution < 1.29 is 4.79 Å². The maximum atomic E-state index is 12.6. The van der Waals surface area contributed by atoms with E-state index in [1.165, 1.54) is 11.1 Å². The lowest BCUT2D eigenvalue weighted by Gasteiger charge is -2.26. The van der Waals surface area contributed by atoms with E-state index in [2.05, 4.69) is 50.2 Å². The number of aryl methyl sites for hydroxylation is 1. The number of rotatable bonds is 4. The largest absolute Gasteiger partial charge is 0.334 e. The minimum Gasteiger partial charge on any atom is -0.334 e. The van der Waals surface area contributed by atoms with Crippen LogP contribution in [0.15, 0.2) is 42.5 Å². The lowest BCUT2D eigenvalue weighted by atomic mass is 10.0. The second-order valence-electron chi connectivity index (χ2n) is 7.13. The van der Waals surface area contributed by atoms with Crippen LogP contribution in [0.1, 0.15) is 50.5 Å². The van der Waals surface area contributed by atoms with Gasteiger partial charge in [-0.25, -0.2) is 0 Å². The lowest BCUT2D eigenvalue weighted by Crippen LogP contribution is -2.31. The maximum absolute atomic E-state index is 12.6. The van der Waals surface area contributed by atoms with Crippen molar-refractivity contribution in [3.63, 3.8) is 0 Å². The van der Waals surface area contributed by atoms with Gasteiger partial charge in [-0.15, -0.1) is 0 Å². The second-order valence-corrected chi connectivity index (χ2v) is 7.13. The van der Waals surface area contributed by atoms with E-state index in [1.807, 2.05) is 17.9 Å². The number of likely N-dealkylation sites (tertiary alicyclic amines) is 1. The first-order valence-corrected chi connectivity index (χ1v) is 8.88. The number of benzene rings is 1. The number of aromatic nitrogens is 1. The van der Waals surface area contributed by atoms with Gasteiger partial charge in [-0.05, 0) is 48.9 Å².